The van der Waals surface area contributed by atoms with Crippen molar-refractivity contribution in [3.63, 3.8) is 0 Å². The molecule has 3 amide bonds. The highest BCUT2D eigenvalue weighted by atomic mass is 79.9. The van der Waals surface area contributed by atoms with Crippen molar-refractivity contribution >= 4 is 33.8 Å². The van der Waals surface area contributed by atoms with Crippen LogP contribution in [0.1, 0.15) is 43.0 Å². The molecule has 148 valence electrons. The predicted octanol–water partition coefficient (Wildman–Crippen LogP) is 2.70. The van der Waals surface area contributed by atoms with Crippen LogP contribution in [0.4, 0.5) is 4.79 Å². The highest BCUT2D eigenvalue weighted by molar-refractivity contribution is 9.10. The van der Waals surface area contributed by atoms with Crippen LogP contribution in [0.3, 0.4) is 0 Å². The molecule has 2 rings (SSSR count). The van der Waals surface area contributed by atoms with Gasteiger partial charge in [-0.1, -0.05) is 22.0 Å². The maximum Gasteiger partial charge on any atom is 0.409 e. The first-order chi connectivity index (χ1) is 13.0. The zero-order valence-electron chi connectivity index (χ0n) is 15.5. The standard InChI is InChI=1S/C19H26BrN3O4/c1-2-27-19(26)23-11-8-16(9-12-23)22-17(24)7-4-10-21-18(25)14-5-3-6-15(20)13-14/h3,5-6,13,16H,2,4,7-12H2,1H3,(H,21,25)(H,22,24). The van der Waals surface area contributed by atoms with E-state index in [1.165, 1.54) is 0 Å². The van der Waals surface area contributed by atoms with Gasteiger partial charge in [-0.05, 0) is 44.4 Å². The molecule has 1 aliphatic heterocycles. The molecule has 27 heavy (non-hydrogen) atoms. The van der Waals surface area contributed by atoms with Crippen LogP contribution in [-0.4, -0.2) is 55.1 Å². The van der Waals surface area contributed by atoms with E-state index in [4.69, 9.17) is 4.74 Å². The topological polar surface area (TPSA) is 87.7 Å². The molecular weight excluding hydrogens is 414 g/mol. The summed E-state index contributed by atoms with van der Waals surface area (Å²) in [5.41, 5.74) is 0.585. The zero-order chi connectivity index (χ0) is 19.6. The van der Waals surface area contributed by atoms with Gasteiger partial charge in [0, 0.05) is 42.1 Å². The molecule has 7 nitrogen and oxygen atoms in total. The van der Waals surface area contributed by atoms with E-state index in [1.807, 2.05) is 6.07 Å². The molecule has 0 unspecified atom stereocenters. The van der Waals surface area contributed by atoms with Crippen LogP contribution in [0.2, 0.25) is 0 Å². The van der Waals surface area contributed by atoms with Gasteiger partial charge in [0.2, 0.25) is 5.91 Å². The number of nitrogens with zero attached hydrogens (tertiary/aromatic N) is 1. The molecule has 1 aliphatic rings. The molecule has 0 spiro atoms. The number of carbonyl (C=O) groups is 3. The maximum atomic E-state index is 12.1. The summed E-state index contributed by atoms with van der Waals surface area (Å²) in [6.07, 6.45) is 2.10. The number of benzene rings is 1. The summed E-state index contributed by atoms with van der Waals surface area (Å²) >= 11 is 3.34. The minimum atomic E-state index is -0.288. The first kappa shape index (κ1) is 21.2. The fraction of sp³-hybridized carbons (Fsp3) is 0.526. The third kappa shape index (κ3) is 7.21. The molecule has 0 bridgehead atoms. The van der Waals surface area contributed by atoms with Crippen LogP contribution in [0.5, 0.6) is 0 Å². The normalized spacial score (nSPS) is 14.5. The molecule has 1 saturated heterocycles. The van der Waals surface area contributed by atoms with Crippen molar-refractivity contribution in [2.24, 2.45) is 0 Å². The van der Waals surface area contributed by atoms with Crippen molar-refractivity contribution in [2.75, 3.05) is 26.2 Å². The van der Waals surface area contributed by atoms with Gasteiger partial charge in [-0.25, -0.2) is 4.79 Å². The Balaban J connectivity index is 1.60. The van der Waals surface area contributed by atoms with Crippen LogP contribution < -0.4 is 10.6 Å². The Hall–Kier alpha value is -2.09. The SMILES string of the molecule is CCOC(=O)N1CCC(NC(=O)CCCNC(=O)c2cccc(Br)c2)CC1. The number of likely N-dealkylation sites (tertiary alicyclic amines) is 1. The first-order valence-electron chi connectivity index (χ1n) is 9.24. The molecule has 1 fully saturated rings. The molecular formula is C19H26BrN3O4. The molecule has 1 aromatic rings. The molecule has 2 N–H and O–H groups in total. The summed E-state index contributed by atoms with van der Waals surface area (Å²) in [7, 11) is 0. The zero-order valence-corrected chi connectivity index (χ0v) is 17.1. The minimum Gasteiger partial charge on any atom is -0.450 e. The van der Waals surface area contributed by atoms with Crippen molar-refractivity contribution in [1.29, 1.82) is 0 Å². The third-order valence-electron chi connectivity index (χ3n) is 4.34. The van der Waals surface area contributed by atoms with Crippen LogP contribution in [0.15, 0.2) is 28.7 Å². The lowest BCUT2D eigenvalue weighted by molar-refractivity contribution is -0.122. The number of amides is 3. The van der Waals surface area contributed by atoms with Crippen molar-refractivity contribution in [1.82, 2.24) is 15.5 Å². The van der Waals surface area contributed by atoms with Gasteiger partial charge in [0.1, 0.15) is 0 Å². The Morgan fingerprint density at radius 3 is 2.67 bits per heavy atom. The van der Waals surface area contributed by atoms with Gasteiger partial charge < -0.3 is 20.3 Å². The number of nitrogens with one attached hydrogen (secondary N) is 2. The van der Waals surface area contributed by atoms with Crippen molar-refractivity contribution in [3.05, 3.63) is 34.3 Å². The monoisotopic (exact) mass is 439 g/mol. The smallest absolute Gasteiger partial charge is 0.409 e. The van der Waals surface area contributed by atoms with E-state index in [0.29, 0.717) is 44.6 Å². The maximum absolute atomic E-state index is 12.1. The van der Waals surface area contributed by atoms with Gasteiger partial charge >= 0.3 is 6.09 Å². The van der Waals surface area contributed by atoms with Crippen LogP contribution in [-0.2, 0) is 9.53 Å². The third-order valence-corrected chi connectivity index (χ3v) is 4.83. The van der Waals surface area contributed by atoms with E-state index < -0.39 is 0 Å². The summed E-state index contributed by atoms with van der Waals surface area (Å²) in [4.78, 5) is 37.4. The Bertz CT molecular complexity index is 660. The molecule has 0 atom stereocenters. The van der Waals surface area contributed by atoms with Gasteiger partial charge in [0.25, 0.3) is 5.91 Å². The highest BCUT2D eigenvalue weighted by Crippen LogP contribution is 2.12. The minimum absolute atomic E-state index is 0.0266. The van der Waals surface area contributed by atoms with Crippen molar-refractivity contribution in [3.8, 4) is 0 Å². The van der Waals surface area contributed by atoms with Gasteiger partial charge in [-0.2, -0.15) is 0 Å². The number of carbonyl (C=O) groups excluding carboxylic acids is 3. The van der Waals surface area contributed by atoms with E-state index >= 15 is 0 Å². The molecule has 0 aromatic heterocycles. The summed E-state index contributed by atoms with van der Waals surface area (Å²) < 4.78 is 5.83. The van der Waals surface area contributed by atoms with Gasteiger partial charge in [0.15, 0.2) is 0 Å². The number of ether oxygens (including phenoxy) is 1. The summed E-state index contributed by atoms with van der Waals surface area (Å²) in [5.74, 6) is -0.177. The van der Waals surface area contributed by atoms with Crippen molar-refractivity contribution < 1.29 is 19.1 Å². The van der Waals surface area contributed by atoms with Gasteiger partial charge in [-0.15, -0.1) is 0 Å². The second-order valence-electron chi connectivity index (χ2n) is 6.40. The summed E-state index contributed by atoms with van der Waals surface area (Å²) in [6, 6.07) is 7.25. The fourth-order valence-corrected chi connectivity index (χ4v) is 3.30. The second kappa shape index (κ2) is 10.9. The molecule has 1 aromatic carbocycles. The number of rotatable bonds is 7. The van der Waals surface area contributed by atoms with Crippen molar-refractivity contribution in [2.45, 2.75) is 38.6 Å². The highest BCUT2D eigenvalue weighted by Gasteiger charge is 2.24. The number of halogens is 1. The average Bonchev–Trinajstić information content (AvgIpc) is 2.66. The lowest BCUT2D eigenvalue weighted by atomic mass is 10.1. The largest absolute Gasteiger partial charge is 0.450 e. The second-order valence-corrected chi connectivity index (χ2v) is 7.31. The average molecular weight is 440 g/mol. The fourth-order valence-electron chi connectivity index (χ4n) is 2.90. The summed E-state index contributed by atoms with van der Waals surface area (Å²) in [5, 5.41) is 5.82. The van der Waals surface area contributed by atoms with Gasteiger partial charge in [-0.3, -0.25) is 9.59 Å². The molecule has 0 aliphatic carbocycles. The van der Waals surface area contributed by atoms with Crippen LogP contribution in [0, 0.1) is 0 Å². The first-order valence-corrected chi connectivity index (χ1v) is 10.0. The predicted molar refractivity (Wildman–Crippen MR) is 105 cm³/mol. The number of piperidine rings is 1. The van der Waals surface area contributed by atoms with E-state index in [0.717, 1.165) is 17.3 Å². The van der Waals surface area contributed by atoms with E-state index in [1.54, 1.807) is 30.0 Å². The molecule has 0 saturated carbocycles. The quantitative estimate of drug-likeness (QED) is 0.639. The van der Waals surface area contributed by atoms with Crippen LogP contribution in [0.25, 0.3) is 0 Å². The Morgan fingerprint density at radius 1 is 1.26 bits per heavy atom. The molecule has 8 heteroatoms. The Morgan fingerprint density at radius 2 is 2.00 bits per heavy atom. The molecule has 1 heterocycles. The van der Waals surface area contributed by atoms with Gasteiger partial charge in [0.05, 0.1) is 6.61 Å². The Kier molecular flexibility index (Phi) is 8.57. The Labute approximate surface area is 167 Å². The van der Waals surface area contributed by atoms with Crippen LogP contribution >= 0.6 is 15.9 Å². The lowest BCUT2D eigenvalue weighted by Crippen LogP contribution is -2.46. The summed E-state index contributed by atoms with van der Waals surface area (Å²) in [6.45, 7) is 3.78. The van der Waals surface area contributed by atoms with E-state index in [-0.39, 0.29) is 23.9 Å². The number of hydrogen-bond donors (Lipinski definition) is 2. The van der Waals surface area contributed by atoms with E-state index in [2.05, 4.69) is 26.6 Å². The number of hydrogen-bond acceptors (Lipinski definition) is 4. The lowest BCUT2D eigenvalue weighted by Gasteiger charge is -2.31. The molecule has 0 radical (unpaired) electrons. The van der Waals surface area contributed by atoms with E-state index in [9.17, 15) is 14.4 Å².